The highest BCUT2D eigenvalue weighted by atomic mass is 16.1. The summed E-state index contributed by atoms with van der Waals surface area (Å²) in [5, 5.41) is 2.90. The van der Waals surface area contributed by atoms with E-state index >= 15 is 0 Å². The first-order valence-electron chi connectivity index (χ1n) is 4.83. The lowest BCUT2D eigenvalue weighted by Gasteiger charge is -2.14. The number of rotatable bonds is 5. The van der Waals surface area contributed by atoms with Crippen molar-refractivity contribution in [3.63, 3.8) is 0 Å². The van der Waals surface area contributed by atoms with Gasteiger partial charge in [-0.1, -0.05) is 27.7 Å². The maximum absolute atomic E-state index is 10.9. The SMILES string of the molecule is CCC(=O)NC[C@H](C)CC(C)C.[HH]. The quantitative estimate of drug-likeness (QED) is 0.679. The van der Waals surface area contributed by atoms with Gasteiger partial charge in [0.1, 0.15) is 0 Å². The third-order valence-electron chi connectivity index (χ3n) is 1.84. The maximum Gasteiger partial charge on any atom is 0.219 e. The van der Waals surface area contributed by atoms with E-state index in [1.165, 1.54) is 6.42 Å². The lowest BCUT2D eigenvalue weighted by atomic mass is 9.99. The Morgan fingerprint density at radius 2 is 2.00 bits per heavy atom. The summed E-state index contributed by atoms with van der Waals surface area (Å²) < 4.78 is 0. The fourth-order valence-electron chi connectivity index (χ4n) is 1.30. The zero-order valence-corrected chi connectivity index (χ0v) is 8.68. The highest BCUT2D eigenvalue weighted by Gasteiger charge is 2.05. The lowest BCUT2D eigenvalue weighted by molar-refractivity contribution is -0.120. The fourth-order valence-corrected chi connectivity index (χ4v) is 1.30. The molecule has 1 N–H and O–H groups in total. The molecule has 12 heavy (non-hydrogen) atoms. The van der Waals surface area contributed by atoms with Crippen molar-refractivity contribution in [3.05, 3.63) is 0 Å². The number of nitrogens with one attached hydrogen (secondary N) is 1. The first kappa shape index (κ1) is 11.5. The third kappa shape index (κ3) is 6.20. The molecule has 0 saturated heterocycles. The van der Waals surface area contributed by atoms with Gasteiger partial charge in [0.05, 0.1) is 0 Å². The molecule has 0 aromatic heterocycles. The first-order valence-corrected chi connectivity index (χ1v) is 4.83. The summed E-state index contributed by atoms with van der Waals surface area (Å²) in [4.78, 5) is 10.9. The van der Waals surface area contributed by atoms with Gasteiger partial charge in [0.2, 0.25) is 5.91 Å². The minimum atomic E-state index is 0. The fraction of sp³-hybridized carbons (Fsp3) is 0.900. The van der Waals surface area contributed by atoms with Crippen LogP contribution >= 0.6 is 0 Å². The van der Waals surface area contributed by atoms with Crippen molar-refractivity contribution >= 4 is 5.91 Å². The Hall–Kier alpha value is -0.530. The summed E-state index contributed by atoms with van der Waals surface area (Å²) in [5.41, 5.74) is 0. The average molecular weight is 173 g/mol. The molecule has 74 valence electrons. The Labute approximate surface area is 77.2 Å². The molecule has 0 rings (SSSR count). The molecule has 0 bridgehead atoms. The van der Waals surface area contributed by atoms with Crippen LogP contribution < -0.4 is 5.32 Å². The Kier molecular flexibility index (Phi) is 5.77. The van der Waals surface area contributed by atoms with Gasteiger partial charge in [-0.3, -0.25) is 4.79 Å². The normalized spacial score (nSPS) is 13.1. The van der Waals surface area contributed by atoms with Gasteiger partial charge in [0, 0.05) is 14.4 Å². The van der Waals surface area contributed by atoms with E-state index in [9.17, 15) is 4.79 Å². The predicted octanol–water partition coefficient (Wildman–Crippen LogP) is 2.44. The van der Waals surface area contributed by atoms with Crippen molar-refractivity contribution in [2.24, 2.45) is 11.8 Å². The van der Waals surface area contributed by atoms with Crippen LogP contribution in [0.4, 0.5) is 0 Å². The molecule has 2 nitrogen and oxygen atoms in total. The second-order valence-electron chi connectivity index (χ2n) is 3.89. The van der Waals surface area contributed by atoms with Gasteiger partial charge in [-0.15, -0.1) is 0 Å². The van der Waals surface area contributed by atoms with Crippen LogP contribution in [0.15, 0.2) is 0 Å². The molecule has 0 aliphatic heterocycles. The van der Waals surface area contributed by atoms with Gasteiger partial charge in [-0.2, -0.15) is 0 Å². The van der Waals surface area contributed by atoms with Crippen LogP contribution in [-0.2, 0) is 4.79 Å². The van der Waals surface area contributed by atoms with Crippen LogP contribution in [0.5, 0.6) is 0 Å². The summed E-state index contributed by atoms with van der Waals surface area (Å²) in [5.74, 6) is 1.48. The van der Waals surface area contributed by atoms with E-state index in [2.05, 4.69) is 26.1 Å². The van der Waals surface area contributed by atoms with Gasteiger partial charge in [-0.25, -0.2) is 0 Å². The third-order valence-corrected chi connectivity index (χ3v) is 1.84. The van der Waals surface area contributed by atoms with E-state index in [0.29, 0.717) is 12.3 Å². The Morgan fingerprint density at radius 3 is 2.42 bits per heavy atom. The second kappa shape index (κ2) is 6.04. The van der Waals surface area contributed by atoms with Crippen molar-refractivity contribution in [2.75, 3.05) is 6.54 Å². The number of carbonyl (C=O) groups is 1. The van der Waals surface area contributed by atoms with Crippen molar-refractivity contribution in [2.45, 2.75) is 40.5 Å². The number of amides is 1. The highest BCUT2D eigenvalue weighted by molar-refractivity contribution is 5.75. The van der Waals surface area contributed by atoms with E-state index in [4.69, 9.17) is 0 Å². The summed E-state index contributed by atoms with van der Waals surface area (Å²) in [6.45, 7) is 9.29. The van der Waals surface area contributed by atoms with Crippen molar-refractivity contribution in [1.29, 1.82) is 0 Å². The number of hydrogen-bond acceptors (Lipinski definition) is 1. The largest absolute Gasteiger partial charge is 0.356 e. The Bertz CT molecular complexity index is 137. The molecular formula is C10H23NO. The zero-order chi connectivity index (χ0) is 9.56. The first-order chi connectivity index (χ1) is 5.56. The molecule has 2 heteroatoms. The summed E-state index contributed by atoms with van der Waals surface area (Å²) in [6, 6.07) is 0. The second-order valence-corrected chi connectivity index (χ2v) is 3.89. The minimum Gasteiger partial charge on any atom is -0.356 e. The van der Waals surface area contributed by atoms with E-state index in [1.807, 2.05) is 6.92 Å². The van der Waals surface area contributed by atoms with E-state index in [0.717, 1.165) is 12.5 Å². The molecule has 1 amide bonds. The Balaban J connectivity index is 0. The molecule has 0 aliphatic rings. The van der Waals surface area contributed by atoms with Crippen molar-refractivity contribution in [1.82, 2.24) is 5.32 Å². The smallest absolute Gasteiger partial charge is 0.219 e. The van der Waals surface area contributed by atoms with Gasteiger partial charge in [0.15, 0.2) is 0 Å². The molecule has 0 fully saturated rings. The van der Waals surface area contributed by atoms with Gasteiger partial charge < -0.3 is 5.32 Å². The standard InChI is InChI=1S/C10H21NO.H2/c1-5-10(12)11-7-9(4)6-8(2)3;/h8-9H,5-7H2,1-4H3,(H,11,12);1H/t9-;/m1./s1. The molecule has 1 atom stereocenters. The van der Waals surface area contributed by atoms with Gasteiger partial charge in [-0.05, 0) is 18.3 Å². The average Bonchev–Trinajstić information content (AvgIpc) is 1.99. The summed E-state index contributed by atoms with van der Waals surface area (Å²) in [6.07, 6.45) is 1.78. The molecule has 0 spiro atoms. The van der Waals surface area contributed by atoms with Crippen LogP contribution in [0.1, 0.15) is 42.0 Å². The predicted molar refractivity (Wildman–Crippen MR) is 54.0 cm³/mol. The van der Waals surface area contributed by atoms with E-state index in [1.54, 1.807) is 0 Å². The zero-order valence-electron chi connectivity index (χ0n) is 8.68. The maximum atomic E-state index is 10.9. The van der Waals surface area contributed by atoms with Crippen LogP contribution in [0.25, 0.3) is 0 Å². The van der Waals surface area contributed by atoms with Crippen molar-refractivity contribution < 1.29 is 6.22 Å². The van der Waals surface area contributed by atoms with Gasteiger partial charge >= 0.3 is 0 Å². The molecule has 0 aliphatic carbocycles. The monoisotopic (exact) mass is 173 g/mol. The number of carbonyl (C=O) groups excluding carboxylic acids is 1. The minimum absolute atomic E-state index is 0. The number of hydrogen-bond donors (Lipinski definition) is 1. The summed E-state index contributed by atoms with van der Waals surface area (Å²) in [7, 11) is 0. The molecule has 0 unspecified atom stereocenters. The molecule has 0 saturated carbocycles. The topological polar surface area (TPSA) is 29.1 Å². The molecule has 0 aromatic carbocycles. The van der Waals surface area contributed by atoms with Crippen LogP contribution in [0, 0.1) is 11.8 Å². The van der Waals surface area contributed by atoms with Gasteiger partial charge in [0.25, 0.3) is 0 Å². The van der Waals surface area contributed by atoms with Crippen LogP contribution in [-0.4, -0.2) is 12.5 Å². The molecule has 0 heterocycles. The van der Waals surface area contributed by atoms with Crippen LogP contribution in [0.3, 0.4) is 0 Å². The molecular weight excluding hydrogens is 150 g/mol. The van der Waals surface area contributed by atoms with E-state index < -0.39 is 0 Å². The summed E-state index contributed by atoms with van der Waals surface area (Å²) >= 11 is 0. The molecule has 0 radical (unpaired) electrons. The lowest BCUT2D eigenvalue weighted by Crippen LogP contribution is -2.27. The highest BCUT2D eigenvalue weighted by Crippen LogP contribution is 2.09. The molecule has 0 aromatic rings. The Morgan fingerprint density at radius 1 is 1.42 bits per heavy atom. The van der Waals surface area contributed by atoms with E-state index in [-0.39, 0.29) is 7.33 Å². The van der Waals surface area contributed by atoms with Crippen LogP contribution in [0.2, 0.25) is 0 Å². The van der Waals surface area contributed by atoms with Crippen molar-refractivity contribution in [3.8, 4) is 0 Å².